The molecule has 12 nitrogen and oxygen atoms in total. The maximum Gasteiger partial charge on any atom is 0.363 e. The quantitative estimate of drug-likeness (QED) is 0.0785. The monoisotopic (exact) mass is 618 g/mol. The van der Waals surface area contributed by atoms with Gasteiger partial charge in [-0.05, 0) is 79.6 Å². The highest BCUT2D eigenvalue weighted by atomic mass is 16.6. The average molecular weight is 619 g/mol. The number of aromatic hydroxyl groups is 1. The van der Waals surface area contributed by atoms with Gasteiger partial charge in [0.2, 0.25) is 0 Å². The summed E-state index contributed by atoms with van der Waals surface area (Å²) >= 11 is 0. The van der Waals surface area contributed by atoms with Crippen molar-refractivity contribution in [2.75, 3.05) is 0 Å². The Morgan fingerprint density at radius 3 is 1.35 bits per heavy atom. The Bertz CT molecular complexity index is 1930. The van der Waals surface area contributed by atoms with E-state index < -0.39 is 26.1 Å². The number of nitro benzene ring substituents is 2. The van der Waals surface area contributed by atoms with Crippen molar-refractivity contribution in [1.29, 1.82) is 0 Å². The number of carbonyl (C=O) groups is 2. The normalized spacial score (nSPS) is 13.3. The maximum absolute atomic E-state index is 14.2. The fourth-order valence-electron chi connectivity index (χ4n) is 5.31. The Kier molecular flexibility index (Phi) is 7.26. The van der Waals surface area contributed by atoms with Gasteiger partial charge in [-0.1, -0.05) is 0 Å². The van der Waals surface area contributed by atoms with Crippen molar-refractivity contribution in [3.05, 3.63) is 146 Å². The molecule has 0 saturated heterocycles. The Labute approximate surface area is 261 Å². The van der Waals surface area contributed by atoms with Gasteiger partial charge in [-0.15, -0.1) is 4.48 Å². The van der Waals surface area contributed by atoms with Crippen LogP contribution in [0, 0.1) is 34.1 Å². The van der Waals surface area contributed by atoms with Crippen molar-refractivity contribution < 1.29 is 34.0 Å². The van der Waals surface area contributed by atoms with E-state index in [1.165, 1.54) is 42.5 Å². The maximum atomic E-state index is 14.2. The molecular formula is C34H24N3O9+. The van der Waals surface area contributed by atoms with Crippen molar-refractivity contribution >= 4 is 34.6 Å². The van der Waals surface area contributed by atoms with E-state index in [4.69, 9.17) is 9.47 Å². The van der Waals surface area contributed by atoms with E-state index in [0.29, 0.717) is 22.6 Å². The number of amides is 2. The minimum atomic E-state index is -0.881. The van der Waals surface area contributed by atoms with Gasteiger partial charge in [0, 0.05) is 36.4 Å². The first-order valence-corrected chi connectivity index (χ1v) is 13.9. The first-order valence-electron chi connectivity index (χ1n) is 13.9. The number of non-ortho nitro benzene ring substituents is 2. The van der Waals surface area contributed by atoms with E-state index in [1.54, 1.807) is 74.5 Å². The molecule has 0 radical (unpaired) electrons. The SMILES string of the molecule is Cc1ccc([N+](=O)[O-])cc1Oc1ccc([N+]2(c3ccc(Oc4cc([N+](=O)[O-])ccc4C)cc3)C(=O)c3cc(O)cc(c3)C2=O)cc1. The minimum absolute atomic E-state index is 0.120. The number of imide groups is 1. The van der Waals surface area contributed by atoms with Gasteiger partial charge in [-0.3, -0.25) is 20.2 Å². The lowest BCUT2D eigenvalue weighted by Crippen LogP contribution is -2.56. The molecule has 1 aliphatic heterocycles. The summed E-state index contributed by atoms with van der Waals surface area (Å²) in [6.45, 7) is 3.49. The molecule has 1 aliphatic rings. The van der Waals surface area contributed by atoms with Crippen molar-refractivity contribution in [2.45, 2.75) is 13.8 Å². The smallest absolute Gasteiger partial charge is 0.363 e. The minimum Gasteiger partial charge on any atom is -0.508 e. The lowest BCUT2D eigenvalue weighted by atomic mass is 9.97. The highest BCUT2D eigenvalue weighted by Gasteiger charge is 2.53. The van der Waals surface area contributed by atoms with Crippen LogP contribution in [0.5, 0.6) is 28.7 Å². The number of aryl methyl sites for hydroxylation is 2. The van der Waals surface area contributed by atoms with Gasteiger partial charge in [0.05, 0.1) is 33.1 Å². The van der Waals surface area contributed by atoms with E-state index in [1.807, 2.05) is 0 Å². The fraction of sp³-hybridized carbons (Fsp3) is 0.0588. The molecule has 0 atom stereocenters. The van der Waals surface area contributed by atoms with Gasteiger partial charge < -0.3 is 14.6 Å². The first kappa shape index (κ1) is 29.7. The van der Waals surface area contributed by atoms with E-state index in [9.17, 15) is 34.9 Å². The van der Waals surface area contributed by atoms with E-state index in [2.05, 4.69) is 0 Å². The van der Waals surface area contributed by atoms with Gasteiger partial charge in [0.15, 0.2) is 11.4 Å². The number of phenols is 1. The number of nitrogens with zero attached hydrogens (tertiary/aromatic N) is 3. The molecule has 1 N–H and O–H groups in total. The molecule has 5 aromatic carbocycles. The molecule has 0 unspecified atom stereocenters. The fourth-order valence-corrected chi connectivity index (χ4v) is 5.31. The molecule has 0 saturated carbocycles. The second-order valence-corrected chi connectivity index (χ2v) is 10.7. The predicted molar refractivity (Wildman–Crippen MR) is 167 cm³/mol. The largest absolute Gasteiger partial charge is 0.508 e. The van der Waals surface area contributed by atoms with Gasteiger partial charge >= 0.3 is 11.8 Å². The third-order valence-corrected chi connectivity index (χ3v) is 7.69. The Hall–Kier alpha value is -6.40. The van der Waals surface area contributed by atoms with Crippen LogP contribution < -0.4 is 14.0 Å². The van der Waals surface area contributed by atoms with E-state index >= 15 is 0 Å². The molecule has 2 amide bonds. The van der Waals surface area contributed by atoms with Gasteiger partial charge in [0.1, 0.15) is 28.7 Å². The average Bonchev–Trinajstić information content (AvgIpc) is 3.03. The van der Waals surface area contributed by atoms with E-state index in [0.717, 1.165) is 0 Å². The highest BCUT2D eigenvalue weighted by molar-refractivity contribution is 6.27. The molecule has 12 heteroatoms. The van der Waals surface area contributed by atoms with Crippen LogP contribution in [-0.2, 0) is 0 Å². The van der Waals surface area contributed by atoms with Crippen molar-refractivity contribution in [1.82, 2.24) is 4.48 Å². The summed E-state index contributed by atoms with van der Waals surface area (Å²) in [6, 6.07) is 25.0. The number of hydrogen-bond donors (Lipinski definition) is 1. The summed E-state index contributed by atoms with van der Waals surface area (Å²) in [5.74, 6) is -0.268. The summed E-state index contributed by atoms with van der Waals surface area (Å²) in [7, 11) is 0. The first-order chi connectivity index (χ1) is 22.0. The van der Waals surface area contributed by atoms with Crippen LogP contribution in [0.1, 0.15) is 31.8 Å². The molecule has 6 rings (SSSR count). The Morgan fingerprint density at radius 2 is 0.978 bits per heavy atom. The lowest BCUT2D eigenvalue weighted by Gasteiger charge is -2.35. The van der Waals surface area contributed by atoms with Gasteiger partial charge in [0.25, 0.3) is 11.4 Å². The predicted octanol–water partition coefficient (Wildman–Crippen LogP) is 8.04. The van der Waals surface area contributed by atoms with Crippen LogP contribution in [0.2, 0.25) is 0 Å². The third kappa shape index (κ3) is 5.08. The van der Waals surface area contributed by atoms with Crippen LogP contribution in [0.15, 0.2) is 103 Å². The van der Waals surface area contributed by atoms with Crippen LogP contribution in [0.3, 0.4) is 0 Å². The number of fused-ring (bicyclic) bond motifs is 2. The Balaban J connectivity index is 1.40. The molecule has 5 aromatic rings. The summed E-state index contributed by atoms with van der Waals surface area (Å²) in [6.07, 6.45) is 0. The zero-order valence-electron chi connectivity index (χ0n) is 24.4. The van der Waals surface area contributed by atoms with Crippen molar-refractivity contribution in [2.24, 2.45) is 0 Å². The second kappa shape index (κ2) is 11.3. The molecule has 0 fully saturated rings. The highest BCUT2D eigenvalue weighted by Crippen LogP contribution is 2.44. The Morgan fingerprint density at radius 1 is 0.587 bits per heavy atom. The molecule has 228 valence electrons. The van der Waals surface area contributed by atoms with Gasteiger partial charge in [-0.2, -0.15) is 0 Å². The summed E-state index contributed by atoms with van der Waals surface area (Å²) in [5.41, 5.74) is 1.85. The summed E-state index contributed by atoms with van der Waals surface area (Å²) < 4.78 is 11.0. The third-order valence-electron chi connectivity index (χ3n) is 7.69. The second-order valence-electron chi connectivity index (χ2n) is 10.7. The standard InChI is InChI=1S/C34H23N3O9/c1-20-3-5-24(35(41)42)18-31(20)45-29-11-7-26(8-12-29)37(33(39)22-15-23(34(37)40)17-28(38)16-22)27-9-13-30(14-10-27)46-32-19-25(36(43)44)6-4-21(32)2/h3-19H,1-2H3/p+1. The van der Waals surface area contributed by atoms with Crippen molar-refractivity contribution in [3.63, 3.8) is 0 Å². The molecule has 46 heavy (non-hydrogen) atoms. The molecule has 1 heterocycles. The lowest BCUT2D eigenvalue weighted by molar-refractivity contribution is -0.385. The molecule has 2 bridgehead atoms. The number of hydrogen-bond acceptors (Lipinski definition) is 9. The number of carbonyl (C=O) groups excluding carboxylic acids is 2. The molecular weight excluding hydrogens is 594 g/mol. The summed E-state index contributed by atoms with van der Waals surface area (Å²) in [5, 5.41) is 32.7. The van der Waals surface area contributed by atoms with E-state index in [-0.39, 0.29) is 51.1 Å². The molecule has 0 spiro atoms. The van der Waals surface area contributed by atoms with Crippen molar-refractivity contribution in [3.8, 4) is 28.7 Å². The van der Waals surface area contributed by atoms with Gasteiger partial charge in [-0.25, -0.2) is 9.59 Å². The van der Waals surface area contributed by atoms with Crippen LogP contribution in [0.4, 0.5) is 22.7 Å². The zero-order chi connectivity index (χ0) is 32.7. The number of quaternary nitrogens is 1. The number of rotatable bonds is 8. The van der Waals surface area contributed by atoms with Crippen LogP contribution in [-0.4, -0.2) is 26.8 Å². The zero-order valence-corrected chi connectivity index (χ0v) is 24.4. The molecule has 0 aliphatic carbocycles. The number of ether oxygens (including phenoxy) is 2. The van der Waals surface area contributed by atoms with Crippen LogP contribution >= 0.6 is 0 Å². The summed E-state index contributed by atoms with van der Waals surface area (Å²) in [4.78, 5) is 49.8. The topological polar surface area (TPSA) is 159 Å². The van der Waals surface area contributed by atoms with Crippen LogP contribution in [0.25, 0.3) is 0 Å². The number of benzene rings is 5. The number of phenolic OH excluding ortho intramolecular Hbond substituents is 1. The molecule has 0 aromatic heterocycles. The number of nitro groups is 2.